The van der Waals surface area contributed by atoms with E-state index in [4.69, 9.17) is 0 Å². The number of hydrogen-bond donors (Lipinski definition) is 0. The minimum absolute atomic E-state index is 0.146. The number of carbonyl (C=O) groups is 2. The Morgan fingerprint density at radius 1 is 1.14 bits per heavy atom. The lowest BCUT2D eigenvalue weighted by atomic mass is 10.2. The van der Waals surface area contributed by atoms with Crippen LogP contribution in [0, 0.1) is 0 Å². The van der Waals surface area contributed by atoms with Crippen molar-refractivity contribution in [2.45, 2.75) is 20.3 Å². The zero-order chi connectivity index (χ0) is 11.0. The Balaban J connectivity index is 4.24. The molecule has 5 nitrogen and oxygen atoms in total. The SMILES string of the molecule is CCOC(=O)CC(=C=O)C(=O)OCC. The predicted molar refractivity (Wildman–Crippen MR) is 47.1 cm³/mol. The average molecular weight is 200 g/mol. The summed E-state index contributed by atoms with van der Waals surface area (Å²) in [6.45, 7) is 3.58. The molecule has 78 valence electrons. The van der Waals surface area contributed by atoms with E-state index >= 15 is 0 Å². The minimum atomic E-state index is -0.824. The molecule has 0 aromatic rings. The molecule has 0 saturated carbocycles. The fraction of sp³-hybridized carbons (Fsp3) is 0.556. The Labute approximate surface area is 81.7 Å². The molecule has 0 heterocycles. The molecule has 0 unspecified atom stereocenters. The first-order valence-electron chi connectivity index (χ1n) is 4.22. The van der Waals surface area contributed by atoms with Crippen molar-refractivity contribution < 1.29 is 23.9 Å². The van der Waals surface area contributed by atoms with Crippen LogP contribution in [0.15, 0.2) is 5.57 Å². The van der Waals surface area contributed by atoms with Crippen LogP contribution in [0.4, 0.5) is 0 Å². The van der Waals surface area contributed by atoms with Gasteiger partial charge < -0.3 is 9.47 Å². The highest BCUT2D eigenvalue weighted by Crippen LogP contribution is 2.01. The van der Waals surface area contributed by atoms with E-state index in [9.17, 15) is 14.4 Å². The summed E-state index contributed by atoms with van der Waals surface area (Å²) in [5.74, 6) is -0.0962. The van der Waals surface area contributed by atoms with Gasteiger partial charge in [-0.1, -0.05) is 0 Å². The van der Waals surface area contributed by atoms with E-state index in [1.807, 2.05) is 0 Å². The smallest absolute Gasteiger partial charge is 0.345 e. The maximum absolute atomic E-state index is 11.0. The van der Waals surface area contributed by atoms with Crippen molar-refractivity contribution in [2.75, 3.05) is 13.2 Å². The van der Waals surface area contributed by atoms with Crippen LogP contribution >= 0.6 is 0 Å². The zero-order valence-corrected chi connectivity index (χ0v) is 8.16. The Hall–Kier alpha value is -1.61. The molecule has 0 rings (SSSR count). The molecule has 0 aromatic heterocycles. The molecule has 0 saturated heterocycles. The summed E-state index contributed by atoms with van der Waals surface area (Å²) in [5, 5.41) is 0. The van der Waals surface area contributed by atoms with Gasteiger partial charge in [-0.05, 0) is 13.8 Å². The first kappa shape index (κ1) is 12.4. The molecule has 5 heteroatoms. The van der Waals surface area contributed by atoms with Crippen molar-refractivity contribution in [3.05, 3.63) is 5.57 Å². The van der Waals surface area contributed by atoms with E-state index in [0.29, 0.717) is 0 Å². The van der Waals surface area contributed by atoms with Crippen molar-refractivity contribution in [3.63, 3.8) is 0 Å². The quantitative estimate of drug-likeness (QED) is 0.361. The van der Waals surface area contributed by atoms with Gasteiger partial charge in [-0.2, -0.15) is 0 Å². The van der Waals surface area contributed by atoms with Crippen molar-refractivity contribution in [1.29, 1.82) is 0 Å². The van der Waals surface area contributed by atoms with Gasteiger partial charge in [-0.25, -0.2) is 9.59 Å². The van der Waals surface area contributed by atoms with Gasteiger partial charge in [0.15, 0.2) is 0 Å². The van der Waals surface area contributed by atoms with Gasteiger partial charge in [0.05, 0.1) is 19.6 Å². The number of ether oxygens (including phenoxy) is 2. The van der Waals surface area contributed by atoms with Gasteiger partial charge in [-0.15, -0.1) is 0 Å². The van der Waals surface area contributed by atoms with Crippen LogP contribution in [0.2, 0.25) is 0 Å². The Bertz CT molecular complexity index is 262. The van der Waals surface area contributed by atoms with Gasteiger partial charge >= 0.3 is 11.9 Å². The third kappa shape index (κ3) is 4.42. The fourth-order valence-electron chi connectivity index (χ4n) is 0.724. The monoisotopic (exact) mass is 200 g/mol. The van der Waals surface area contributed by atoms with Crippen LogP contribution < -0.4 is 0 Å². The number of carbonyl (C=O) groups excluding carboxylic acids is 3. The Morgan fingerprint density at radius 2 is 1.71 bits per heavy atom. The van der Waals surface area contributed by atoms with Crippen LogP contribution in [0.5, 0.6) is 0 Å². The van der Waals surface area contributed by atoms with Gasteiger partial charge in [-0.3, -0.25) is 4.79 Å². The van der Waals surface area contributed by atoms with Crippen LogP contribution in [0.25, 0.3) is 0 Å². The van der Waals surface area contributed by atoms with Crippen LogP contribution in [0.1, 0.15) is 20.3 Å². The normalized spacial score (nSPS) is 8.71. The van der Waals surface area contributed by atoms with Gasteiger partial charge in [0.1, 0.15) is 11.5 Å². The molecule has 0 radical (unpaired) electrons. The summed E-state index contributed by atoms with van der Waals surface area (Å²) in [7, 11) is 0. The summed E-state index contributed by atoms with van der Waals surface area (Å²) >= 11 is 0. The third-order valence-corrected chi connectivity index (χ3v) is 1.27. The van der Waals surface area contributed by atoms with Crippen molar-refractivity contribution in [3.8, 4) is 0 Å². The molecule has 0 aliphatic carbocycles. The first-order chi connectivity index (χ1) is 6.65. The maximum atomic E-state index is 11.0. The molecule has 0 atom stereocenters. The highest BCUT2D eigenvalue weighted by Gasteiger charge is 2.16. The second-order valence-corrected chi connectivity index (χ2v) is 2.28. The topological polar surface area (TPSA) is 69.7 Å². The summed E-state index contributed by atoms with van der Waals surface area (Å²) in [6, 6.07) is 0. The van der Waals surface area contributed by atoms with Crippen LogP contribution in [-0.4, -0.2) is 31.1 Å². The third-order valence-electron chi connectivity index (χ3n) is 1.27. The molecule has 14 heavy (non-hydrogen) atoms. The molecule has 0 N–H and O–H groups in total. The molecule has 0 amide bonds. The Morgan fingerprint density at radius 3 is 2.14 bits per heavy atom. The average Bonchev–Trinajstić information content (AvgIpc) is 2.15. The van der Waals surface area contributed by atoms with Crippen LogP contribution in [0.3, 0.4) is 0 Å². The second-order valence-electron chi connectivity index (χ2n) is 2.28. The van der Waals surface area contributed by atoms with E-state index in [1.165, 1.54) is 5.94 Å². The predicted octanol–water partition coefficient (Wildman–Crippen LogP) is 0.261. The van der Waals surface area contributed by atoms with Gasteiger partial charge in [0, 0.05) is 0 Å². The number of esters is 2. The second kappa shape index (κ2) is 6.86. The van der Waals surface area contributed by atoms with E-state index in [0.717, 1.165) is 0 Å². The Kier molecular flexibility index (Phi) is 6.07. The van der Waals surface area contributed by atoms with E-state index < -0.39 is 18.4 Å². The summed E-state index contributed by atoms with van der Waals surface area (Å²) in [6.07, 6.45) is -0.393. The molecule has 0 aliphatic rings. The van der Waals surface area contributed by atoms with Crippen LogP contribution in [-0.2, 0) is 23.9 Å². The number of rotatable bonds is 5. The lowest BCUT2D eigenvalue weighted by Crippen LogP contribution is -2.14. The summed E-state index contributed by atoms with van der Waals surface area (Å²) < 4.78 is 9.08. The maximum Gasteiger partial charge on any atom is 0.345 e. The zero-order valence-electron chi connectivity index (χ0n) is 8.16. The highest BCUT2D eigenvalue weighted by molar-refractivity contribution is 6.00. The van der Waals surface area contributed by atoms with E-state index in [2.05, 4.69) is 9.47 Å². The largest absolute Gasteiger partial charge is 0.466 e. The molecule has 0 spiro atoms. The summed E-state index contributed by atoms with van der Waals surface area (Å²) in [4.78, 5) is 32.2. The molecular formula is C9H12O5. The molecule has 0 aliphatic heterocycles. The van der Waals surface area contributed by atoms with Gasteiger partial charge in [0.25, 0.3) is 0 Å². The van der Waals surface area contributed by atoms with Crippen molar-refractivity contribution in [2.24, 2.45) is 0 Å². The molecule has 0 fully saturated rings. The standard InChI is InChI=1S/C9H12O5/c1-3-13-8(11)5-7(6-10)9(12)14-4-2/h3-5H2,1-2H3. The summed E-state index contributed by atoms with van der Waals surface area (Å²) in [5.41, 5.74) is -0.342. The van der Waals surface area contributed by atoms with Gasteiger partial charge in [0.2, 0.25) is 0 Å². The number of hydrogen-bond acceptors (Lipinski definition) is 5. The minimum Gasteiger partial charge on any atom is -0.466 e. The molecular weight excluding hydrogens is 188 g/mol. The van der Waals surface area contributed by atoms with E-state index in [1.54, 1.807) is 13.8 Å². The fourth-order valence-corrected chi connectivity index (χ4v) is 0.724. The molecule has 0 aromatic carbocycles. The van der Waals surface area contributed by atoms with Crippen molar-refractivity contribution in [1.82, 2.24) is 0 Å². The first-order valence-corrected chi connectivity index (χ1v) is 4.22. The molecule has 0 bridgehead atoms. The lowest BCUT2D eigenvalue weighted by Gasteiger charge is -2.02. The van der Waals surface area contributed by atoms with E-state index in [-0.39, 0.29) is 18.8 Å². The highest BCUT2D eigenvalue weighted by atomic mass is 16.5. The lowest BCUT2D eigenvalue weighted by molar-refractivity contribution is -0.145. The van der Waals surface area contributed by atoms with Crippen molar-refractivity contribution >= 4 is 17.9 Å².